The zero-order chi connectivity index (χ0) is 42.7. The first-order chi connectivity index (χ1) is 28.5. The SMILES string of the molecule is CCCCCCCCCCCCCCNC(=O)CCCCCNCCCCCN.CCCCCCCCCCCCCCNC(=O)CCN(CCN)CCCCCC. The predicted molar refractivity (Wildman–Crippen MR) is 257 cm³/mol. The highest BCUT2D eigenvalue weighted by Crippen LogP contribution is 2.13. The van der Waals surface area contributed by atoms with Crippen molar-refractivity contribution in [1.29, 1.82) is 0 Å². The maximum atomic E-state index is 12.1. The summed E-state index contributed by atoms with van der Waals surface area (Å²) in [6.45, 7) is 15.0. The van der Waals surface area contributed by atoms with Crippen LogP contribution in [0.3, 0.4) is 0 Å². The van der Waals surface area contributed by atoms with Crippen LogP contribution in [0.25, 0.3) is 0 Å². The summed E-state index contributed by atoms with van der Waals surface area (Å²) in [4.78, 5) is 26.2. The summed E-state index contributed by atoms with van der Waals surface area (Å²) in [5.74, 6) is 0.437. The van der Waals surface area contributed by atoms with Gasteiger partial charge in [0.15, 0.2) is 0 Å². The lowest BCUT2D eigenvalue weighted by Crippen LogP contribution is -2.35. The Balaban J connectivity index is 0. The highest BCUT2D eigenvalue weighted by atomic mass is 16.2. The van der Waals surface area contributed by atoms with E-state index >= 15 is 0 Å². The molecule has 0 spiro atoms. The molecule has 0 radical (unpaired) electrons. The van der Waals surface area contributed by atoms with Gasteiger partial charge in [-0.1, -0.05) is 194 Å². The Morgan fingerprint density at radius 2 is 0.690 bits per heavy atom. The van der Waals surface area contributed by atoms with Crippen molar-refractivity contribution in [2.45, 2.75) is 252 Å². The maximum absolute atomic E-state index is 12.1. The van der Waals surface area contributed by atoms with Crippen molar-refractivity contribution < 1.29 is 9.59 Å². The molecule has 0 saturated heterocycles. The summed E-state index contributed by atoms with van der Waals surface area (Å²) in [6, 6.07) is 0. The predicted octanol–water partition coefficient (Wildman–Crippen LogP) is 12.1. The normalized spacial score (nSPS) is 11.2. The second-order valence-corrected chi connectivity index (χ2v) is 17.3. The molecule has 7 N–H and O–H groups in total. The standard InChI is InChI=1S/2C25H53N3O/c1-3-5-7-9-10-11-12-13-14-15-16-17-21-27-25(29)19-23-28(24-20-26)22-18-8-6-4-2;1-2-3-4-5-6-7-8-9-10-11-12-19-24-28-25(29)20-15-13-17-22-27-23-18-14-16-21-26/h3-24,26H2,1-2H3,(H,27,29);27H,2-24,26H2,1H3,(H,28,29). The lowest BCUT2D eigenvalue weighted by molar-refractivity contribution is -0.122. The molecular weight excluding hydrogens is 717 g/mol. The van der Waals surface area contributed by atoms with Crippen LogP contribution in [0.2, 0.25) is 0 Å². The largest absolute Gasteiger partial charge is 0.356 e. The number of carbonyl (C=O) groups excluding carboxylic acids is 2. The van der Waals surface area contributed by atoms with Gasteiger partial charge in [-0.15, -0.1) is 0 Å². The second kappa shape index (κ2) is 53.8. The molecule has 0 aliphatic heterocycles. The average molecular weight is 823 g/mol. The number of unbranched alkanes of at least 4 members (excludes halogenated alkanes) is 29. The van der Waals surface area contributed by atoms with E-state index in [9.17, 15) is 9.59 Å². The Bertz CT molecular complexity index is 785. The number of amides is 2. The van der Waals surface area contributed by atoms with Crippen LogP contribution in [-0.2, 0) is 9.59 Å². The minimum absolute atomic E-state index is 0.198. The Hall–Kier alpha value is -1.22. The van der Waals surface area contributed by atoms with E-state index in [0.717, 1.165) is 84.5 Å². The summed E-state index contributed by atoms with van der Waals surface area (Å²) >= 11 is 0. The molecular formula is C50H106N6O2. The maximum Gasteiger partial charge on any atom is 0.221 e. The Morgan fingerprint density at radius 1 is 0.345 bits per heavy atom. The van der Waals surface area contributed by atoms with Crippen LogP contribution in [0.4, 0.5) is 0 Å². The molecule has 0 rings (SSSR count). The molecule has 348 valence electrons. The van der Waals surface area contributed by atoms with Crippen molar-refractivity contribution in [3.63, 3.8) is 0 Å². The van der Waals surface area contributed by atoms with Crippen molar-refractivity contribution in [2.75, 3.05) is 58.9 Å². The first-order valence-electron chi connectivity index (χ1n) is 25.9. The number of nitrogens with one attached hydrogen (secondary N) is 3. The van der Waals surface area contributed by atoms with Crippen LogP contribution in [-0.4, -0.2) is 75.6 Å². The van der Waals surface area contributed by atoms with Gasteiger partial charge in [0.25, 0.3) is 0 Å². The molecule has 0 bridgehead atoms. The van der Waals surface area contributed by atoms with Gasteiger partial charge in [0.1, 0.15) is 0 Å². The highest BCUT2D eigenvalue weighted by molar-refractivity contribution is 5.76. The molecule has 0 aliphatic carbocycles. The summed E-state index contributed by atoms with van der Waals surface area (Å²) in [5.41, 5.74) is 11.2. The molecule has 0 fully saturated rings. The molecule has 0 atom stereocenters. The van der Waals surface area contributed by atoms with Gasteiger partial charge in [-0.25, -0.2) is 0 Å². The molecule has 0 heterocycles. The van der Waals surface area contributed by atoms with Crippen molar-refractivity contribution in [2.24, 2.45) is 11.5 Å². The lowest BCUT2D eigenvalue weighted by atomic mass is 10.1. The average Bonchev–Trinajstić information content (AvgIpc) is 3.22. The molecule has 0 saturated carbocycles. The summed E-state index contributed by atoms with van der Waals surface area (Å²) < 4.78 is 0. The van der Waals surface area contributed by atoms with E-state index in [1.54, 1.807) is 0 Å². The second-order valence-electron chi connectivity index (χ2n) is 17.3. The monoisotopic (exact) mass is 823 g/mol. The topological polar surface area (TPSA) is 126 Å². The molecule has 2 amide bonds. The zero-order valence-corrected chi connectivity index (χ0v) is 39.7. The van der Waals surface area contributed by atoms with E-state index in [4.69, 9.17) is 11.5 Å². The third kappa shape index (κ3) is 52.8. The first-order valence-corrected chi connectivity index (χ1v) is 25.9. The van der Waals surface area contributed by atoms with E-state index in [0.29, 0.717) is 19.4 Å². The lowest BCUT2D eigenvalue weighted by Gasteiger charge is -2.21. The third-order valence-corrected chi connectivity index (χ3v) is 11.4. The fraction of sp³-hybridized carbons (Fsp3) is 0.960. The molecule has 0 aromatic carbocycles. The van der Waals surface area contributed by atoms with Crippen molar-refractivity contribution in [3.05, 3.63) is 0 Å². The van der Waals surface area contributed by atoms with E-state index < -0.39 is 0 Å². The molecule has 0 unspecified atom stereocenters. The van der Waals surface area contributed by atoms with Crippen LogP contribution in [0.15, 0.2) is 0 Å². The van der Waals surface area contributed by atoms with E-state index in [-0.39, 0.29) is 11.8 Å². The summed E-state index contributed by atoms with van der Waals surface area (Å²) in [7, 11) is 0. The van der Waals surface area contributed by atoms with Crippen LogP contribution in [0.5, 0.6) is 0 Å². The van der Waals surface area contributed by atoms with Crippen LogP contribution < -0.4 is 27.4 Å². The minimum Gasteiger partial charge on any atom is -0.356 e. The van der Waals surface area contributed by atoms with Gasteiger partial charge < -0.3 is 32.3 Å². The van der Waals surface area contributed by atoms with Gasteiger partial charge in [-0.05, 0) is 71.1 Å². The molecule has 8 heteroatoms. The van der Waals surface area contributed by atoms with Gasteiger partial charge >= 0.3 is 0 Å². The van der Waals surface area contributed by atoms with Crippen LogP contribution >= 0.6 is 0 Å². The zero-order valence-electron chi connectivity index (χ0n) is 39.7. The summed E-state index contributed by atoms with van der Waals surface area (Å²) in [5, 5.41) is 9.65. The third-order valence-electron chi connectivity index (χ3n) is 11.4. The van der Waals surface area contributed by atoms with E-state index in [1.807, 2.05) is 0 Å². The highest BCUT2D eigenvalue weighted by Gasteiger charge is 2.08. The molecule has 0 aromatic heterocycles. The number of nitrogens with zero attached hydrogens (tertiary/aromatic N) is 1. The van der Waals surface area contributed by atoms with Crippen molar-refractivity contribution >= 4 is 11.8 Å². The van der Waals surface area contributed by atoms with Gasteiger partial charge in [-0.2, -0.15) is 0 Å². The van der Waals surface area contributed by atoms with Crippen molar-refractivity contribution in [3.8, 4) is 0 Å². The molecule has 58 heavy (non-hydrogen) atoms. The fourth-order valence-electron chi connectivity index (χ4n) is 7.51. The minimum atomic E-state index is 0.198. The number of carbonyl (C=O) groups is 2. The Morgan fingerprint density at radius 3 is 1.10 bits per heavy atom. The van der Waals surface area contributed by atoms with Crippen molar-refractivity contribution in [1.82, 2.24) is 20.9 Å². The van der Waals surface area contributed by atoms with Gasteiger partial charge in [0.2, 0.25) is 11.8 Å². The smallest absolute Gasteiger partial charge is 0.221 e. The van der Waals surface area contributed by atoms with Gasteiger partial charge in [0, 0.05) is 45.6 Å². The van der Waals surface area contributed by atoms with Crippen LogP contribution in [0, 0.1) is 0 Å². The molecule has 0 aliphatic rings. The van der Waals surface area contributed by atoms with Gasteiger partial charge in [-0.3, -0.25) is 9.59 Å². The number of hydrogen-bond donors (Lipinski definition) is 5. The fourth-order valence-corrected chi connectivity index (χ4v) is 7.51. The van der Waals surface area contributed by atoms with Gasteiger partial charge in [0.05, 0.1) is 0 Å². The first kappa shape index (κ1) is 58.9. The number of rotatable bonds is 47. The van der Waals surface area contributed by atoms with E-state index in [1.165, 1.54) is 186 Å². The Labute approximate surface area is 363 Å². The van der Waals surface area contributed by atoms with E-state index in [2.05, 4.69) is 41.6 Å². The molecule has 8 nitrogen and oxygen atoms in total. The quantitative estimate of drug-likeness (QED) is 0.0389. The van der Waals surface area contributed by atoms with Crippen LogP contribution in [0.1, 0.15) is 252 Å². The molecule has 0 aromatic rings. The Kier molecular flexibility index (Phi) is 54.6. The number of nitrogens with two attached hydrogens (primary N) is 2. The number of hydrogen-bond acceptors (Lipinski definition) is 6. The summed E-state index contributed by atoms with van der Waals surface area (Å²) in [6.07, 6.45) is 45.8.